The van der Waals surface area contributed by atoms with Crippen LogP contribution in [0.3, 0.4) is 0 Å². The van der Waals surface area contributed by atoms with Gasteiger partial charge in [-0.25, -0.2) is 4.79 Å². The summed E-state index contributed by atoms with van der Waals surface area (Å²) in [5.41, 5.74) is 0.324. The molecule has 0 aliphatic carbocycles. The lowest BCUT2D eigenvalue weighted by atomic mass is 10.2. The summed E-state index contributed by atoms with van der Waals surface area (Å²) >= 11 is 0. The fourth-order valence-electron chi connectivity index (χ4n) is 1.41. The highest BCUT2D eigenvalue weighted by molar-refractivity contribution is 7.79. The highest BCUT2D eigenvalue weighted by Crippen LogP contribution is 2.23. The van der Waals surface area contributed by atoms with Crippen LogP contribution in [0.15, 0.2) is 30.3 Å². The fourth-order valence-corrected chi connectivity index (χ4v) is 2.66. The van der Waals surface area contributed by atoms with Crippen molar-refractivity contribution < 1.29 is 4.79 Å². The molecule has 0 heterocycles. The first kappa shape index (κ1) is 12.1. The third-order valence-corrected chi connectivity index (χ3v) is 4.11. The number of carbonyl (C=O) groups is 1. The highest BCUT2D eigenvalue weighted by atomic mass is 31.1. The Morgan fingerprint density at radius 3 is 2.53 bits per heavy atom. The van der Waals surface area contributed by atoms with Crippen LogP contribution in [-0.2, 0) is 4.79 Å². The van der Waals surface area contributed by atoms with Gasteiger partial charge in [0.2, 0.25) is 7.55 Å². The van der Waals surface area contributed by atoms with Crippen LogP contribution in [0, 0.1) is 0 Å². The zero-order valence-corrected chi connectivity index (χ0v) is 10.2. The molecule has 15 heavy (non-hydrogen) atoms. The van der Waals surface area contributed by atoms with E-state index in [1.54, 1.807) is 0 Å². The molecular weight excluding hydrogens is 203 g/mol. The van der Waals surface area contributed by atoms with Crippen molar-refractivity contribution in [2.45, 2.75) is 32.6 Å². The molecule has 80 valence electrons. The van der Waals surface area contributed by atoms with E-state index in [0.717, 1.165) is 24.6 Å². The summed E-state index contributed by atoms with van der Waals surface area (Å²) in [6, 6.07) is 9.89. The van der Waals surface area contributed by atoms with E-state index >= 15 is 0 Å². The first-order valence-corrected chi connectivity index (χ1v) is 6.97. The van der Waals surface area contributed by atoms with Crippen molar-refractivity contribution >= 4 is 24.7 Å². The van der Waals surface area contributed by atoms with Gasteiger partial charge in [0.1, 0.15) is 0 Å². The normalized spacial score (nSPS) is 11.1. The summed E-state index contributed by atoms with van der Waals surface area (Å²) in [5.74, 6) is 0. The van der Waals surface area contributed by atoms with E-state index in [1.165, 1.54) is 0 Å². The monoisotopic (exact) mass is 221 g/mol. The molecule has 0 fully saturated rings. The fraction of sp³-hybridized carbons (Fsp3) is 0.385. The molecule has 1 nitrogen and oxygen atoms in total. The van der Waals surface area contributed by atoms with Gasteiger partial charge in [0.15, 0.2) is 5.30 Å². The van der Waals surface area contributed by atoms with Gasteiger partial charge in [-0.3, -0.25) is 0 Å². The Morgan fingerprint density at radius 2 is 1.93 bits per heavy atom. The van der Waals surface area contributed by atoms with E-state index < -0.39 is 7.55 Å². The first-order valence-electron chi connectivity index (χ1n) is 5.44. The van der Waals surface area contributed by atoms with Gasteiger partial charge < -0.3 is 0 Å². The van der Waals surface area contributed by atoms with Crippen LogP contribution in [-0.4, -0.2) is 11.8 Å². The molecule has 1 unspecified atom stereocenters. The maximum atomic E-state index is 11.8. The minimum Gasteiger partial charge on any atom is -0.244 e. The van der Waals surface area contributed by atoms with Crippen LogP contribution in [0.4, 0.5) is 0 Å². The molecule has 0 N–H and O–H groups in total. The van der Waals surface area contributed by atoms with Gasteiger partial charge >= 0.3 is 5.52 Å². The molecule has 1 rings (SSSR count). The van der Waals surface area contributed by atoms with Crippen molar-refractivity contribution in [3.05, 3.63) is 30.3 Å². The molecule has 0 aromatic heterocycles. The largest absolute Gasteiger partial charge is 0.327 e. The van der Waals surface area contributed by atoms with Crippen LogP contribution in [0.1, 0.15) is 32.6 Å². The predicted octanol–water partition coefficient (Wildman–Crippen LogP) is 3.33. The second-order valence-corrected chi connectivity index (χ2v) is 5.49. The smallest absolute Gasteiger partial charge is 0.244 e. The van der Waals surface area contributed by atoms with E-state index in [0.29, 0.717) is 11.9 Å². The lowest BCUT2D eigenvalue weighted by Crippen LogP contribution is -2.02. The highest BCUT2D eigenvalue weighted by Gasteiger charge is 2.20. The minimum atomic E-state index is -0.842. The second kappa shape index (κ2) is 6.53. The third-order valence-electron chi connectivity index (χ3n) is 2.36. The average molecular weight is 221 g/mol. The van der Waals surface area contributed by atoms with Crippen LogP contribution in [0.2, 0.25) is 0 Å². The van der Waals surface area contributed by atoms with E-state index in [9.17, 15) is 4.79 Å². The lowest BCUT2D eigenvalue weighted by molar-refractivity contribution is -0.111. The second-order valence-electron chi connectivity index (χ2n) is 3.61. The summed E-state index contributed by atoms with van der Waals surface area (Å²) in [6.07, 6.45) is 8.01. The molecule has 0 aliphatic heterocycles. The van der Waals surface area contributed by atoms with Crippen LogP contribution in [0.5, 0.6) is 0 Å². The Bertz CT molecular complexity index is 330. The number of hydrogen-bond acceptors (Lipinski definition) is 1. The summed E-state index contributed by atoms with van der Waals surface area (Å²) < 4.78 is 0. The molecule has 0 radical (unpaired) electrons. The van der Waals surface area contributed by atoms with E-state index in [1.807, 2.05) is 30.3 Å². The predicted molar refractivity (Wildman–Crippen MR) is 69.3 cm³/mol. The molecule has 0 saturated heterocycles. The Balaban J connectivity index is 2.50. The van der Waals surface area contributed by atoms with Gasteiger partial charge in [0.05, 0.1) is 12.7 Å². The van der Waals surface area contributed by atoms with Gasteiger partial charge in [0, 0.05) is 0 Å². The molecule has 0 spiro atoms. The van der Waals surface area contributed by atoms with Crippen LogP contribution < -0.4 is 5.30 Å². The standard InChI is InChI=1S/C13H18OP/c1-3-4-6-11-13(14)15(2)12-9-7-5-8-10-12/h5,7-10H,2-4,6,11H2,1H3/q+1. The third kappa shape index (κ3) is 3.97. The lowest BCUT2D eigenvalue weighted by Gasteiger charge is -1.94. The maximum Gasteiger partial charge on any atom is 0.327 e. The molecule has 0 saturated carbocycles. The molecule has 1 aromatic rings. The van der Waals surface area contributed by atoms with Gasteiger partial charge in [-0.1, -0.05) is 38.0 Å². The SMILES string of the molecule is C=[P+](C(=O)CCCCC)c1ccccc1. The van der Waals surface area contributed by atoms with Crippen molar-refractivity contribution in [3.8, 4) is 0 Å². The van der Waals surface area contributed by atoms with Crippen molar-refractivity contribution in [1.82, 2.24) is 0 Å². The Labute approximate surface area is 92.9 Å². The number of unbranched alkanes of at least 4 members (excludes halogenated alkanes) is 2. The Hall–Kier alpha value is -0.940. The molecular formula is C13H18OP+. The molecule has 0 aliphatic rings. The van der Waals surface area contributed by atoms with Gasteiger partial charge in [-0.2, -0.15) is 0 Å². The molecule has 2 heteroatoms. The van der Waals surface area contributed by atoms with Gasteiger partial charge in [-0.05, 0) is 18.6 Å². The molecule has 0 amide bonds. The zero-order valence-electron chi connectivity index (χ0n) is 9.28. The minimum absolute atomic E-state index is 0.324. The molecule has 0 bridgehead atoms. The van der Waals surface area contributed by atoms with Gasteiger partial charge in [0.25, 0.3) is 0 Å². The summed E-state index contributed by atoms with van der Waals surface area (Å²) in [6.45, 7) is 2.15. The zero-order chi connectivity index (χ0) is 11.1. The summed E-state index contributed by atoms with van der Waals surface area (Å²) in [7, 11) is -0.842. The van der Waals surface area contributed by atoms with Gasteiger partial charge in [-0.15, -0.1) is 0 Å². The summed E-state index contributed by atoms with van der Waals surface area (Å²) in [5, 5.41) is 1.09. The summed E-state index contributed by atoms with van der Waals surface area (Å²) in [4.78, 5) is 11.8. The van der Waals surface area contributed by atoms with Crippen LogP contribution in [0.25, 0.3) is 0 Å². The number of rotatable bonds is 6. The molecule has 1 atom stereocenters. The molecule has 1 aromatic carbocycles. The number of carbonyl (C=O) groups excluding carboxylic acids is 1. The quantitative estimate of drug-likeness (QED) is 0.532. The average Bonchev–Trinajstić information content (AvgIpc) is 2.29. The number of benzene rings is 1. The van der Waals surface area contributed by atoms with Crippen LogP contribution >= 0.6 is 7.55 Å². The number of hydrogen-bond donors (Lipinski definition) is 0. The Kier molecular flexibility index (Phi) is 5.28. The van der Waals surface area contributed by atoms with Crippen molar-refractivity contribution in [1.29, 1.82) is 0 Å². The van der Waals surface area contributed by atoms with E-state index in [-0.39, 0.29) is 0 Å². The topological polar surface area (TPSA) is 17.1 Å². The van der Waals surface area contributed by atoms with Crippen molar-refractivity contribution in [2.75, 3.05) is 0 Å². The first-order chi connectivity index (χ1) is 7.25. The maximum absolute atomic E-state index is 11.8. The Morgan fingerprint density at radius 1 is 1.27 bits per heavy atom. The van der Waals surface area contributed by atoms with Crippen molar-refractivity contribution in [3.63, 3.8) is 0 Å². The van der Waals surface area contributed by atoms with E-state index in [2.05, 4.69) is 13.2 Å². The van der Waals surface area contributed by atoms with E-state index in [4.69, 9.17) is 0 Å². The van der Waals surface area contributed by atoms with Crippen molar-refractivity contribution in [2.24, 2.45) is 0 Å².